The molecule has 0 spiro atoms. The van der Waals surface area contributed by atoms with E-state index in [1.54, 1.807) is 0 Å². The van der Waals surface area contributed by atoms with Gasteiger partial charge in [0.05, 0.1) is 0 Å². The van der Waals surface area contributed by atoms with Crippen LogP contribution in [0.25, 0.3) is 0 Å². The quantitative estimate of drug-likeness (QED) is 0.714. The molecule has 0 aromatic heterocycles. The van der Waals surface area contributed by atoms with Gasteiger partial charge < -0.3 is 10.4 Å². The first-order chi connectivity index (χ1) is 6.60. The van der Waals surface area contributed by atoms with Gasteiger partial charge in [-0.1, -0.05) is 19.8 Å². The molecule has 1 rings (SSSR count). The largest absolute Gasteiger partial charge is 0.480 e. The van der Waals surface area contributed by atoms with E-state index in [0.717, 1.165) is 32.1 Å². The predicted octanol–water partition coefficient (Wildman–Crippen LogP) is 1.16. The average molecular weight is 199 g/mol. The van der Waals surface area contributed by atoms with Crippen molar-refractivity contribution in [2.45, 2.75) is 39.0 Å². The Hall–Kier alpha value is -1.06. The van der Waals surface area contributed by atoms with Gasteiger partial charge in [-0.25, -0.2) is 0 Å². The smallest absolute Gasteiger partial charge is 0.322 e. The highest BCUT2D eigenvalue weighted by atomic mass is 16.4. The molecule has 1 amide bonds. The van der Waals surface area contributed by atoms with Crippen LogP contribution in [0.5, 0.6) is 0 Å². The zero-order valence-corrected chi connectivity index (χ0v) is 8.51. The number of carbonyl (C=O) groups is 2. The van der Waals surface area contributed by atoms with Gasteiger partial charge in [0.15, 0.2) is 0 Å². The van der Waals surface area contributed by atoms with Crippen molar-refractivity contribution in [3.63, 3.8) is 0 Å². The monoisotopic (exact) mass is 199 g/mol. The zero-order valence-electron chi connectivity index (χ0n) is 8.51. The molecule has 1 fully saturated rings. The van der Waals surface area contributed by atoms with Crippen molar-refractivity contribution in [1.82, 2.24) is 5.32 Å². The Morgan fingerprint density at radius 3 is 2.36 bits per heavy atom. The fourth-order valence-electron chi connectivity index (χ4n) is 2.14. The third-order valence-electron chi connectivity index (χ3n) is 3.12. The lowest BCUT2D eigenvalue weighted by molar-refractivity contribution is -0.140. The Kier molecular flexibility index (Phi) is 3.49. The normalized spacial score (nSPS) is 19.2. The first kappa shape index (κ1) is 11.0. The maximum Gasteiger partial charge on any atom is 0.322 e. The fourth-order valence-corrected chi connectivity index (χ4v) is 2.14. The van der Waals surface area contributed by atoms with E-state index in [-0.39, 0.29) is 17.9 Å². The van der Waals surface area contributed by atoms with Crippen molar-refractivity contribution >= 4 is 11.9 Å². The summed E-state index contributed by atoms with van der Waals surface area (Å²) in [5.74, 6) is -1.07. The van der Waals surface area contributed by atoms with Gasteiger partial charge in [-0.3, -0.25) is 9.59 Å². The second-order valence-corrected chi connectivity index (χ2v) is 3.92. The molecule has 1 aliphatic carbocycles. The molecular formula is C10H17NO3. The van der Waals surface area contributed by atoms with Crippen LogP contribution in [0.1, 0.15) is 39.0 Å². The van der Waals surface area contributed by atoms with E-state index in [1.807, 2.05) is 6.92 Å². The molecule has 0 aromatic rings. The standard InChI is InChI=1S/C10H17NO3/c1-2-10(5-3-4-6-10)9(14)11-7-8(12)13/h2-7H2,1H3,(H,11,14)(H,12,13). The van der Waals surface area contributed by atoms with Crippen molar-refractivity contribution in [3.05, 3.63) is 0 Å². The van der Waals surface area contributed by atoms with Crippen molar-refractivity contribution in [2.75, 3.05) is 6.54 Å². The molecular weight excluding hydrogens is 182 g/mol. The molecule has 80 valence electrons. The van der Waals surface area contributed by atoms with Crippen molar-refractivity contribution in [2.24, 2.45) is 5.41 Å². The topological polar surface area (TPSA) is 66.4 Å². The van der Waals surface area contributed by atoms with Crippen LogP contribution in [0.15, 0.2) is 0 Å². The Balaban J connectivity index is 2.52. The van der Waals surface area contributed by atoms with Crippen LogP contribution in [0.2, 0.25) is 0 Å². The van der Waals surface area contributed by atoms with E-state index in [4.69, 9.17) is 5.11 Å². The molecule has 1 saturated carbocycles. The minimum atomic E-state index is -0.984. The number of hydrogen-bond acceptors (Lipinski definition) is 2. The number of aliphatic carboxylic acids is 1. The molecule has 0 unspecified atom stereocenters. The van der Waals surface area contributed by atoms with Crippen LogP contribution in [0.4, 0.5) is 0 Å². The van der Waals surface area contributed by atoms with Crippen molar-refractivity contribution < 1.29 is 14.7 Å². The molecule has 4 nitrogen and oxygen atoms in total. The van der Waals surface area contributed by atoms with Gasteiger partial charge in [-0.05, 0) is 19.3 Å². The highest BCUT2D eigenvalue weighted by Gasteiger charge is 2.39. The van der Waals surface area contributed by atoms with E-state index in [1.165, 1.54) is 0 Å². The molecule has 0 atom stereocenters. The maximum atomic E-state index is 11.7. The lowest BCUT2D eigenvalue weighted by Gasteiger charge is -2.25. The second-order valence-electron chi connectivity index (χ2n) is 3.92. The second kappa shape index (κ2) is 4.44. The SMILES string of the molecule is CCC1(C(=O)NCC(=O)O)CCCC1. The van der Waals surface area contributed by atoms with Crippen LogP contribution in [-0.2, 0) is 9.59 Å². The van der Waals surface area contributed by atoms with E-state index in [0.29, 0.717) is 0 Å². The summed E-state index contributed by atoms with van der Waals surface area (Å²) in [5.41, 5.74) is -0.282. The summed E-state index contributed by atoms with van der Waals surface area (Å²) in [6.45, 7) is 1.73. The Bertz CT molecular complexity index is 232. The number of hydrogen-bond donors (Lipinski definition) is 2. The number of carboxylic acids is 1. The first-order valence-electron chi connectivity index (χ1n) is 5.11. The van der Waals surface area contributed by atoms with Gasteiger partial charge in [-0.2, -0.15) is 0 Å². The van der Waals surface area contributed by atoms with E-state index < -0.39 is 5.97 Å². The molecule has 0 aromatic carbocycles. The summed E-state index contributed by atoms with van der Waals surface area (Å²) >= 11 is 0. The van der Waals surface area contributed by atoms with Crippen LogP contribution in [0, 0.1) is 5.41 Å². The summed E-state index contributed by atoms with van der Waals surface area (Å²) in [4.78, 5) is 22.0. The van der Waals surface area contributed by atoms with Gasteiger partial charge in [0.25, 0.3) is 0 Å². The highest BCUT2D eigenvalue weighted by molar-refractivity contribution is 5.86. The number of carboxylic acid groups (broad SMARTS) is 1. The first-order valence-corrected chi connectivity index (χ1v) is 5.11. The summed E-state index contributed by atoms with van der Waals surface area (Å²) < 4.78 is 0. The molecule has 0 saturated heterocycles. The number of rotatable bonds is 4. The number of amides is 1. The molecule has 4 heteroatoms. The van der Waals surface area contributed by atoms with Crippen LogP contribution in [0.3, 0.4) is 0 Å². The lowest BCUT2D eigenvalue weighted by Crippen LogP contribution is -2.41. The minimum Gasteiger partial charge on any atom is -0.480 e. The van der Waals surface area contributed by atoms with Gasteiger partial charge in [0, 0.05) is 5.41 Å². The van der Waals surface area contributed by atoms with E-state index in [2.05, 4.69) is 5.32 Å². The van der Waals surface area contributed by atoms with Gasteiger partial charge in [0.2, 0.25) is 5.91 Å². The fraction of sp³-hybridized carbons (Fsp3) is 0.800. The van der Waals surface area contributed by atoms with Gasteiger partial charge >= 0.3 is 5.97 Å². The van der Waals surface area contributed by atoms with E-state index >= 15 is 0 Å². The lowest BCUT2D eigenvalue weighted by atomic mass is 9.82. The minimum absolute atomic E-state index is 0.0834. The molecule has 0 radical (unpaired) electrons. The maximum absolute atomic E-state index is 11.7. The number of nitrogens with one attached hydrogen (secondary N) is 1. The Morgan fingerprint density at radius 2 is 1.93 bits per heavy atom. The summed E-state index contributed by atoms with van der Waals surface area (Å²) in [6.07, 6.45) is 4.75. The number of carbonyl (C=O) groups excluding carboxylic acids is 1. The predicted molar refractivity (Wildman–Crippen MR) is 51.8 cm³/mol. The van der Waals surface area contributed by atoms with E-state index in [9.17, 15) is 9.59 Å². The summed E-state index contributed by atoms with van der Waals surface area (Å²) in [7, 11) is 0. The molecule has 0 heterocycles. The molecule has 2 N–H and O–H groups in total. The third kappa shape index (κ3) is 2.25. The van der Waals surface area contributed by atoms with Gasteiger partial charge in [-0.15, -0.1) is 0 Å². The van der Waals surface area contributed by atoms with Crippen LogP contribution < -0.4 is 5.32 Å². The van der Waals surface area contributed by atoms with Gasteiger partial charge in [0.1, 0.15) is 6.54 Å². The average Bonchev–Trinajstić information content (AvgIpc) is 2.63. The third-order valence-corrected chi connectivity index (χ3v) is 3.12. The molecule has 1 aliphatic rings. The summed E-state index contributed by atoms with van der Waals surface area (Å²) in [6, 6.07) is 0. The van der Waals surface area contributed by atoms with Crippen molar-refractivity contribution in [1.29, 1.82) is 0 Å². The van der Waals surface area contributed by atoms with Crippen molar-refractivity contribution in [3.8, 4) is 0 Å². The van der Waals surface area contributed by atoms with Crippen LogP contribution in [-0.4, -0.2) is 23.5 Å². The highest BCUT2D eigenvalue weighted by Crippen LogP contribution is 2.40. The molecule has 14 heavy (non-hydrogen) atoms. The van der Waals surface area contributed by atoms with Crippen LogP contribution >= 0.6 is 0 Å². The summed E-state index contributed by atoms with van der Waals surface area (Å²) in [5, 5.41) is 10.9. The molecule has 0 bridgehead atoms. The molecule has 0 aliphatic heterocycles. The Morgan fingerprint density at radius 1 is 1.36 bits per heavy atom. The zero-order chi connectivity index (χ0) is 10.6. The Labute approximate surface area is 83.7 Å².